The van der Waals surface area contributed by atoms with Crippen molar-refractivity contribution in [2.24, 2.45) is 5.73 Å². The molecular weight excluding hydrogens is 748 g/mol. The van der Waals surface area contributed by atoms with Gasteiger partial charge >= 0.3 is 12.2 Å². The molecule has 4 aliphatic carbocycles. The van der Waals surface area contributed by atoms with E-state index in [1.807, 2.05) is 84.9 Å². The van der Waals surface area contributed by atoms with Crippen molar-refractivity contribution in [2.75, 3.05) is 9.80 Å². The topological polar surface area (TPSA) is 140 Å². The van der Waals surface area contributed by atoms with E-state index >= 15 is 0 Å². The first kappa shape index (κ1) is 37.2. The quantitative estimate of drug-likeness (QED) is 0.160. The van der Waals surface area contributed by atoms with Crippen molar-refractivity contribution < 1.29 is 28.2 Å². The minimum absolute atomic E-state index is 0.140. The van der Waals surface area contributed by atoms with E-state index in [9.17, 15) is 18.8 Å². The van der Waals surface area contributed by atoms with Crippen molar-refractivity contribution in [1.82, 2.24) is 15.3 Å². The van der Waals surface area contributed by atoms with Gasteiger partial charge in [-0.1, -0.05) is 60.7 Å². The van der Waals surface area contributed by atoms with Crippen LogP contribution in [0.15, 0.2) is 109 Å². The molecule has 2 aromatic heterocycles. The first-order valence-corrected chi connectivity index (χ1v) is 20.6. The summed E-state index contributed by atoms with van der Waals surface area (Å²) in [4.78, 5) is 51.8. The molecule has 0 atom stereocenters. The number of hydrogen-bond acceptors (Lipinski definition) is 8. The lowest BCUT2D eigenvalue weighted by Crippen LogP contribution is -2.52. The molecule has 5 aromatic rings. The maximum atomic E-state index is 13.2. The number of nitrogens with two attached hydrogens (primary N) is 1. The minimum Gasteiger partial charge on any atom is -0.444 e. The van der Waals surface area contributed by atoms with Gasteiger partial charge in [-0.05, 0) is 111 Å². The van der Waals surface area contributed by atoms with Gasteiger partial charge in [0, 0.05) is 29.5 Å². The van der Waals surface area contributed by atoms with Crippen LogP contribution in [0.3, 0.4) is 0 Å². The fourth-order valence-electron chi connectivity index (χ4n) is 8.85. The summed E-state index contributed by atoms with van der Waals surface area (Å²) in [7, 11) is 0. The fraction of sp³-hybridized carbons (Fsp3) is 0.340. The summed E-state index contributed by atoms with van der Waals surface area (Å²) in [6.07, 6.45) is 6.64. The summed E-state index contributed by atoms with van der Waals surface area (Å²) in [5.41, 5.74) is 13.3. The number of halogens is 1. The van der Waals surface area contributed by atoms with E-state index in [0.29, 0.717) is 24.0 Å². The molecule has 4 bridgehead atoms. The summed E-state index contributed by atoms with van der Waals surface area (Å²) in [6.45, 7) is 0.519. The summed E-state index contributed by atoms with van der Waals surface area (Å²) in [5.74, 6) is 0.161. The van der Waals surface area contributed by atoms with Gasteiger partial charge in [0.15, 0.2) is 0 Å². The normalized spacial score (nSPS) is 22.7. The monoisotopic (exact) mass is 792 g/mol. The van der Waals surface area contributed by atoms with Crippen molar-refractivity contribution in [3.8, 4) is 0 Å². The van der Waals surface area contributed by atoms with Crippen LogP contribution in [-0.4, -0.2) is 40.1 Å². The molecule has 0 spiro atoms. The average Bonchev–Trinajstić information content (AvgIpc) is 4.19. The van der Waals surface area contributed by atoms with Crippen LogP contribution >= 0.6 is 0 Å². The second-order valence-electron chi connectivity index (χ2n) is 16.9. The van der Waals surface area contributed by atoms with Crippen LogP contribution in [0.5, 0.6) is 0 Å². The van der Waals surface area contributed by atoms with Crippen molar-refractivity contribution in [3.63, 3.8) is 0 Å². The van der Waals surface area contributed by atoms with E-state index < -0.39 is 5.54 Å². The predicted molar refractivity (Wildman–Crippen MR) is 218 cm³/mol. The molecule has 8 aliphatic rings. The number of ether oxygens (including phenoxy) is 2. The summed E-state index contributed by atoms with van der Waals surface area (Å²) in [5, 5.41) is 3.10. The van der Waals surface area contributed by atoms with Gasteiger partial charge in [-0.15, -0.1) is 0 Å². The third kappa shape index (κ3) is 7.09. The maximum absolute atomic E-state index is 13.2. The van der Waals surface area contributed by atoms with Crippen LogP contribution < -0.4 is 20.9 Å². The lowest BCUT2D eigenvalue weighted by molar-refractivity contribution is 0.0929. The number of carbonyl (C=O) groups excluding carboxylic acids is 3. The molecule has 6 heterocycles. The number of nitrogens with one attached hydrogen (secondary N) is 1. The Hall–Kier alpha value is -6.14. The highest BCUT2D eigenvalue weighted by atomic mass is 19.1. The number of rotatable bonds is 8. The van der Waals surface area contributed by atoms with E-state index in [1.54, 1.807) is 9.80 Å². The Kier molecular flexibility index (Phi) is 9.19. The predicted octanol–water partition coefficient (Wildman–Crippen LogP) is 8.47. The fourth-order valence-corrected chi connectivity index (χ4v) is 8.85. The Bertz CT molecular complexity index is 2410. The van der Waals surface area contributed by atoms with E-state index in [0.717, 1.165) is 96.6 Å². The summed E-state index contributed by atoms with van der Waals surface area (Å²) >= 11 is 0. The molecule has 4 fully saturated rings. The average molecular weight is 793 g/mol. The number of nitrogens with zero attached hydrogens (tertiary/aromatic N) is 4. The highest BCUT2D eigenvalue weighted by Crippen LogP contribution is 2.53. The Morgan fingerprint density at radius 1 is 0.644 bits per heavy atom. The number of hydrogen-bond donors (Lipinski definition) is 2. The molecule has 59 heavy (non-hydrogen) atoms. The molecule has 3 aromatic carbocycles. The molecule has 300 valence electrons. The third-order valence-electron chi connectivity index (χ3n) is 12.9. The first-order chi connectivity index (χ1) is 28.7. The number of carbonyl (C=O) groups is 3. The number of aromatic nitrogens is 2. The van der Waals surface area contributed by atoms with Crippen LogP contribution in [0, 0.1) is 5.82 Å². The zero-order chi connectivity index (χ0) is 40.3. The number of benzene rings is 3. The first-order valence-electron chi connectivity index (χ1n) is 20.6. The van der Waals surface area contributed by atoms with Gasteiger partial charge in [-0.2, -0.15) is 0 Å². The molecule has 0 radical (unpaired) electrons. The van der Waals surface area contributed by atoms with Gasteiger partial charge < -0.3 is 20.5 Å². The molecule has 3 N–H and O–H groups in total. The highest BCUT2D eigenvalue weighted by molar-refractivity contribution is 5.95. The smallest absolute Gasteiger partial charge is 0.414 e. The van der Waals surface area contributed by atoms with Crippen molar-refractivity contribution >= 4 is 29.5 Å². The van der Waals surface area contributed by atoms with Crippen molar-refractivity contribution in [1.29, 1.82) is 0 Å². The molecule has 11 nitrogen and oxygen atoms in total. The zero-order valence-electron chi connectivity index (χ0n) is 32.6. The standard InChI is InChI=1S/C27H24FN3O3.C20H21N3O2/c28-20-8-6-18(7-9-20)25(32)30-27(12-13-27)23-11-10-22-24(29-23)19-14-21(15-19)31(22)26(33)34-16-17-4-2-1-3-5-17;21-20(8-9-20)17-7-6-16-18(22-17)14-10-15(11-14)23(16)19(24)25-12-13-4-2-1-3-5-13/h1-11,19,21H,12-16H2,(H,30,32);1-7,14-15H,8-12,21H2. The van der Waals surface area contributed by atoms with Crippen LogP contribution in [0.2, 0.25) is 0 Å². The zero-order valence-corrected chi connectivity index (χ0v) is 32.6. The molecule has 13 rings (SSSR count). The van der Waals surface area contributed by atoms with E-state index in [2.05, 4.69) is 5.32 Å². The van der Waals surface area contributed by atoms with Gasteiger partial charge in [0.2, 0.25) is 0 Å². The SMILES string of the molecule is NC1(c2ccc3c(n2)C2CC(C2)N3C(=O)OCc2ccccc2)CC1.O=C(NC1(c2ccc3c(n2)C2CC(C2)N3C(=O)OCc2ccccc2)CC1)c1ccc(F)cc1. The number of amides is 3. The molecule has 3 amide bonds. The van der Waals surface area contributed by atoms with Crippen LogP contribution in [0.1, 0.15) is 107 Å². The maximum Gasteiger partial charge on any atom is 0.414 e. The van der Waals surface area contributed by atoms with E-state index in [-0.39, 0.29) is 48.1 Å². The summed E-state index contributed by atoms with van der Waals surface area (Å²) in [6, 6.07) is 33.1. The summed E-state index contributed by atoms with van der Waals surface area (Å²) < 4.78 is 24.4. The van der Waals surface area contributed by atoms with Gasteiger partial charge in [-0.25, -0.2) is 14.0 Å². The van der Waals surface area contributed by atoms with Crippen LogP contribution in [-0.2, 0) is 33.8 Å². The van der Waals surface area contributed by atoms with Gasteiger partial charge in [0.05, 0.1) is 45.2 Å². The molecule has 0 saturated heterocycles. The van der Waals surface area contributed by atoms with E-state index in [1.165, 1.54) is 24.3 Å². The lowest BCUT2D eigenvalue weighted by atomic mass is 9.72. The molecule has 4 aliphatic heterocycles. The Labute approximate surface area is 341 Å². The lowest BCUT2D eigenvalue weighted by Gasteiger charge is -2.48. The molecule has 4 saturated carbocycles. The Morgan fingerprint density at radius 3 is 1.59 bits per heavy atom. The van der Waals surface area contributed by atoms with Crippen molar-refractivity contribution in [3.05, 3.63) is 154 Å². The molecule has 0 unspecified atom stereocenters. The van der Waals surface area contributed by atoms with Gasteiger partial charge in [0.25, 0.3) is 5.91 Å². The number of pyridine rings is 2. The Balaban J connectivity index is 0.000000149. The Morgan fingerprint density at radius 2 is 1.12 bits per heavy atom. The van der Waals surface area contributed by atoms with Gasteiger partial charge in [0.1, 0.15) is 19.0 Å². The van der Waals surface area contributed by atoms with Crippen LogP contribution in [0.25, 0.3) is 0 Å². The second-order valence-corrected chi connectivity index (χ2v) is 16.9. The van der Waals surface area contributed by atoms with Crippen LogP contribution in [0.4, 0.5) is 25.4 Å². The minimum atomic E-state index is -0.514. The largest absolute Gasteiger partial charge is 0.444 e. The number of anilines is 2. The highest BCUT2D eigenvalue weighted by Gasteiger charge is 2.51. The van der Waals surface area contributed by atoms with Crippen molar-refractivity contribution in [2.45, 2.75) is 99.6 Å². The molecule has 12 heteroatoms. The van der Waals surface area contributed by atoms with Gasteiger partial charge in [-0.3, -0.25) is 24.6 Å². The molecular formula is C47H45FN6O5. The third-order valence-corrected chi connectivity index (χ3v) is 12.9. The second kappa shape index (κ2) is 14.6. The van der Waals surface area contributed by atoms with E-state index in [4.69, 9.17) is 25.2 Å².